The van der Waals surface area contributed by atoms with E-state index in [0.717, 1.165) is 64.6 Å². The van der Waals surface area contributed by atoms with Gasteiger partial charge in [-0.3, -0.25) is 9.59 Å². The number of primary amides is 1. The highest BCUT2D eigenvalue weighted by Crippen LogP contribution is 2.52. The lowest BCUT2D eigenvalue weighted by Crippen LogP contribution is -2.52. The van der Waals surface area contributed by atoms with Gasteiger partial charge in [-0.25, -0.2) is 4.79 Å². The standard InChI is InChI=1S/C12H21N3O2.C12H21NO2/c1-10(16)13-11-5-8-15(9-11)12(17)14-6-3-2-4-7-14;1-7-3-9-6-12(4-7,11(13)15)5-8(2)10(9)14/h11H,2-9H2,1H3,(H,13,16);7-10,14H,3-6H2,1-2H3,(H2,13,15). The van der Waals surface area contributed by atoms with E-state index < -0.39 is 0 Å². The molecular weight excluding hydrogens is 408 g/mol. The zero-order valence-electron chi connectivity index (χ0n) is 20.0. The summed E-state index contributed by atoms with van der Waals surface area (Å²) in [6.07, 6.45) is 7.64. The van der Waals surface area contributed by atoms with Gasteiger partial charge in [-0.15, -0.1) is 0 Å². The molecule has 2 aliphatic heterocycles. The maximum absolute atomic E-state index is 12.2. The van der Waals surface area contributed by atoms with Crippen molar-refractivity contribution < 1.29 is 19.5 Å². The van der Waals surface area contributed by atoms with Crippen molar-refractivity contribution in [2.75, 3.05) is 26.2 Å². The number of urea groups is 1. The Balaban J connectivity index is 0.000000182. The van der Waals surface area contributed by atoms with Crippen molar-refractivity contribution in [3.63, 3.8) is 0 Å². The summed E-state index contributed by atoms with van der Waals surface area (Å²) in [5.41, 5.74) is 5.24. The number of piperidine rings is 1. The highest BCUT2D eigenvalue weighted by molar-refractivity contribution is 5.81. The summed E-state index contributed by atoms with van der Waals surface area (Å²) in [6.45, 7) is 8.92. The number of amides is 4. The smallest absolute Gasteiger partial charge is 0.320 e. The van der Waals surface area contributed by atoms with Gasteiger partial charge in [0.15, 0.2) is 0 Å². The van der Waals surface area contributed by atoms with Crippen molar-refractivity contribution >= 4 is 17.8 Å². The first-order valence-corrected chi connectivity index (χ1v) is 12.4. The molecule has 182 valence electrons. The molecule has 8 heteroatoms. The van der Waals surface area contributed by atoms with E-state index in [2.05, 4.69) is 12.2 Å². The van der Waals surface area contributed by atoms with Gasteiger partial charge >= 0.3 is 6.03 Å². The summed E-state index contributed by atoms with van der Waals surface area (Å²) in [5, 5.41) is 12.9. The maximum atomic E-state index is 12.2. The quantitative estimate of drug-likeness (QED) is 0.597. The molecule has 2 aliphatic carbocycles. The summed E-state index contributed by atoms with van der Waals surface area (Å²) in [7, 11) is 0. The second-order valence-electron chi connectivity index (χ2n) is 10.8. The topological polar surface area (TPSA) is 116 Å². The van der Waals surface area contributed by atoms with Gasteiger partial charge in [-0.2, -0.15) is 0 Å². The third kappa shape index (κ3) is 5.74. The number of nitrogens with two attached hydrogens (primary N) is 1. The van der Waals surface area contributed by atoms with E-state index in [0.29, 0.717) is 12.5 Å². The molecule has 4 aliphatic rings. The summed E-state index contributed by atoms with van der Waals surface area (Å²) in [6, 6.07) is 0.291. The summed E-state index contributed by atoms with van der Waals surface area (Å²) >= 11 is 0. The molecular formula is C24H42N4O4. The third-order valence-electron chi connectivity index (χ3n) is 7.89. The van der Waals surface area contributed by atoms with Crippen LogP contribution in [-0.2, 0) is 9.59 Å². The number of carbonyl (C=O) groups is 3. The summed E-state index contributed by atoms with van der Waals surface area (Å²) in [4.78, 5) is 38.6. The van der Waals surface area contributed by atoms with Crippen molar-refractivity contribution in [2.24, 2.45) is 28.9 Å². The Kier molecular flexibility index (Phi) is 8.06. The second kappa shape index (κ2) is 10.4. The molecule has 0 aromatic heterocycles. The normalized spacial score (nSPS) is 36.7. The van der Waals surface area contributed by atoms with Crippen LogP contribution in [0, 0.1) is 23.2 Å². The van der Waals surface area contributed by atoms with E-state index >= 15 is 0 Å². The van der Waals surface area contributed by atoms with Gasteiger partial charge < -0.3 is 26.0 Å². The van der Waals surface area contributed by atoms with E-state index in [9.17, 15) is 19.5 Å². The Morgan fingerprint density at radius 2 is 1.69 bits per heavy atom. The molecule has 0 spiro atoms. The highest BCUT2D eigenvalue weighted by atomic mass is 16.3. The minimum atomic E-state index is -0.318. The molecule has 4 rings (SSSR count). The third-order valence-corrected chi connectivity index (χ3v) is 7.89. The van der Waals surface area contributed by atoms with Crippen LogP contribution in [0.25, 0.3) is 0 Å². The molecule has 2 bridgehead atoms. The largest absolute Gasteiger partial charge is 0.393 e. The average molecular weight is 451 g/mol. The Morgan fingerprint density at radius 1 is 1.00 bits per heavy atom. The average Bonchev–Trinajstić information content (AvgIpc) is 3.20. The van der Waals surface area contributed by atoms with Crippen LogP contribution in [0.1, 0.15) is 72.1 Å². The fourth-order valence-electron chi connectivity index (χ4n) is 6.49. The molecule has 4 amide bonds. The minimum Gasteiger partial charge on any atom is -0.393 e. The monoisotopic (exact) mass is 450 g/mol. The molecule has 8 nitrogen and oxygen atoms in total. The first-order valence-electron chi connectivity index (χ1n) is 12.4. The SMILES string of the molecule is CC(=O)NC1CCN(C(=O)N2CCCCC2)C1.CC1CC2CC(C(N)=O)(C1)CC(C)C2O. The molecule has 0 aromatic rings. The number of hydrogen-bond donors (Lipinski definition) is 3. The van der Waals surface area contributed by atoms with Gasteiger partial charge in [0.2, 0.25) is 11.8 Å². The zero-order chi connectivity index (χ0) is 23.5. The number of aliphatic hydroxyl groups is 1. The lowest BCUT2D eigenvalue weighted by molar-refractivity contribution is -0.143. The van der Waals surface area contributed by atoms with Gasteiger partial charge in [0.1, 0.15) is 0 Å². The van der Waals surface area contributed by atoms with Crippen molar-refractivity contribution in [1.82, 2.24) is 15.1 Å². The molecule has 0 aromatic carbocycles. The van der Waals surface area contributed by atoms with Gasteiger partial charge in [0.05, 0.1) is 6.10 Å². The van der Waals surface area contributed by atoms with E-state index in [-0.39, 0.29) is 47.2 Å². The number of fused-ring (bicyclic) bond motifs is 2. The molecule has 6 unspecified atom stereocenters. The van der Waals surface area contributed by atoms with E-state index in [4.69, 9.17) is 5.73 Å². The lowest BCUT2D eigenvalue weighted by atomic mass is 9.55. The number of hydrogen-bond acceptors (Lipinski definition) is 4. The van der Waals surface area contributed by atoms with Crippen molar-refractivity contribution in [3.8, 4) is 0 Å². The fourth-order valence-corrected chi connectivity index (χ4v) is 6.49. The predicted octanol–water partition coefficient (Wildman–Crippen LogP) is 2.10. The second-order valence-corrected chi connectivity index (χ2v) is 10.8. The Labute approximate surface area is 192 Å². The van der Waals surface area contributed by atoms with E-state index in [1.165, 1.54) is 13.3 Å². The van der Waals surface area contributed by atoms with Crippen LogP contribution in [0.15, 0.2) is 0 Å². The van der Waals surface area contributed by atoms with Crippen LogP contribution in [0.3, 0.4) is 0 Å². The Bertz CT molecular complexity index is 691. The van der Waals surface area contributed by atoms with Crippen LogP contribution in [0.5, 0.6) is 0 Å². The molecule has 2 saturated heterocycles. The van der Waals surface area contributed by atoms with Crippen molar-refractivity contribution in [2.45, 2.75) is 84.3 Å². The van der Waals surface area contributed by atoms with Crippen LogP contribution in [-0.4, -0.2) is 71.1 Å². The molecule has 32 heavy (non-hydrogen) atoms. The van der Waals surface area contributed by atoms with Crippen LogP contribution >= 0.6 is 0 Å². The van der Waals surface area contributed by atoms with Crippen LogP contribution in [0.4, 0.5) is 4.79 Å². The first kappa shape index (κ1) is 24.8. The summed E-state index contributed by atoms with van der Waals surface area (Å²) < 4.78 is 0. The highest BCUT2D eigenvalue weighted by Gasteiger charge is 2.51. The van der Waals surface area contributed by atoms with Gasteiger partial charge in [0, 0.05) is 44.6 Å². The Morgan fingerprint density at radius 3 is 2.31 bits per heavy atom. The van der Waals surface area contributed by atoms with Crippen molar-refractivity contribution in [3.05, 3.63) is 0 Å². The fraction of sp³-hybridized carbons (Fsp3) is 0.875. The molecule has 2 saturated carbocycles. The number of nitrogens with zero attached hydrogens (tertiary/aromatic N) is 2. The number of carbonyl (C=O) groups excluding carboxylic acids is 3. The molecule has 6 atom stereocenters. The number of nitrogens with one attached hydrogen (secondary N) is 1. The molecule has 0 radical (unpaired) electrons. The lowest BCUT2D eigenvalue weighted by Gasteiger charge is -2.50. The minimum absolute atomic E-state index is 0.0118. The van der Waals surface area contributed by atoms with E-state index in [1.807, 2.05) is 16.7 Å². The predicted molar refractivity (Wildman–Crippen MR) is 123 cm³/mol. The Hall–Kier alpha value is -1.83. The van der Waals surface area contributed by atoms with Crippen LogP contribution in [0.2, 0.25) is 0 Å². The number of likely N-dealkylation sites (tertiary alicyclic amines) is 2. The maximum Gasteiger partial charge on any atom is 0.320 e. The number of rotatable bonds is 2. The number of aliphatic hydroxyl groups excluding tert-OH is 1. The first-order chi connectivity index (χ1) is 15.1. The van der Waals surface area contributed by atoms with Gasteiger partial charge in [-0.1, -0.05) is 13.8 Å². The molecule has 4 fully saturated rings. The molecule has 4 N–H and O–H groups in total. The molecule has 2 heterocycles. The van der Waals surface area contributed by atoms with E-state index in [1.54, 1.807) is 0 Å². The van der Waals surface area contributed by atoms with Gasteiger partial charge in [0.25, 0.3) is 0 Å². The zero-order valence-corrected chi connectivity index (χ0v) is 20.0. The van der Waals surface area contributed by atoms with Gasteiger partial charge in [-0.05, 0) is 69.1 Å². The summed E-state index contributed by atoms with van der Waals surface area (Å²) in [5.74, 6) is 0.840. The van der Waals surface area contributed by atoms with Crippen molar-refractivity contribution in [1.29, 1.82) is 0 Å². The van der Waals surface area contributed by atoms with Crippen LogP contribution < -0.4 is 11.1 Å².